The van der Waals surface area contributed by atoms with Gasteiger partial charge < -0.3 is 4.74 Å². The topological polar surface area (TPSA) is 44.1 Å². The van der Waals surface area contributed by atoms with Crippen molar-refractivity contribution in [1.29, 1.82) is 0 Å². The highest BCUT2D eigenvalue weighted by Gasteiger charge is 2.31. The fourth-order valence-electron chi connectivity index (χ4n) is 2.89. The van der Waals surface area contributed by atoms with Crippen molar-refractivity contribution in [2.24, 2.45) is 0 Å². The van der Waals surface area contributed by atoms with Crippen LogP contribution < -0.4 is 5.69 Å². The molecule has 3 rings (SSSR count). The predicted molar refractivity (Wildman–Crippen MR) is 92.6 cm³/mol. The second-order valence-electron chi connectivity index (χ2n) is 5.98. The van der Waals surface area contributed by atoms with Gasteiger partial charge in [-0.05, 0) is 37.1 Å². The van der Waals surface area contributed by atoms with Crippen LogP contribution in [0.2, 0.25) is 0 Å². The fourth-order valence-corrected chi connectivity index (χ4v) is 2.89. The highest BCUT2D eigenvalue weighted by Crippen LogP contribution is 2.32. The van der Waals surface area contributed by atoms with Crippen LogP contribution in [-0.4, -0.2) is 22.8 Å². The SMILES string of the molecule is O=c1nc(CCCOC(F)F)c2ccc(C(F)(F)F)cc2n1-c1ccccc1. The quantitative estimate of drug-likeness (QED) is 0.451. The highest BCUT2D eigenvalue weighted by atomic mass is 19.4. The third kappa shape index (κ3) is 4.36. The van der Waals surface area contributed by atoms with Gasteiger partial charge in [-0.2, -0.15) is 26.9 Å². The molecule has 0 amide bonds. The Bertz CT molecular complexity index is 1020. The zero-order chi connectivity index (χ0) is 20.3. The Morgan fingerprint density at radius 3 is 2.43 bits per heavy atom. The van der Waals surface area contributed by atoms with Crippen molar-refractivity contribution >= 4 is 10.9 Å². The molecule has 0 saturated carbocycles. The van der Waals surface area contributed by atoms with Gasteiger partial charge in [0, 0.05) is 5.39 Å². The molecule has 0 fully saturated rings. The van der Waals surface area contributed by atoms with Gasteiger partial charge in [-0.25, -0.2) is 4.79 Å². The van der Waals surface area contributed by atoms with Gasteiger partial charge in [-0.1, -0.05) is 24.3 Å². The summed E-state index contributed by atoms with van der Waals surface area (Å²) in [6.45, 7) is -3.17. The highest BCUT2D eigenvalue weighted by molar-refractivity contribution is 5.83. The zero-order valence-corrected chi connectivity index (χ0v) is 14.4. The average molecular weight is 398 g/mol. The van der Waals surface area contributed by atoms with E-state index in [1.54, 1.807) is 30.3 Å². The third-order valence-corrected chi connectivity index (χ3v) is 4.11. The summed E-state index contributed by atoms with van der Waals surface area (Å²) in [4.78, 5) is 16.5. The molecule has 0 unspecified atom stereocenters. The summed E-state index contributed by atoms with van der Waals surface area (Å²) in [6, 6.07) is 11.2. The van der Waals surface area contributed by atoms with E-state index < -0.39 is 24.0 Å². The van der Waals surface area contributed by atoms with Crippen LogP contribution in [0.3, 0.4) is 0 Å². The molecule has 3 aromatic rings. The maximum atomic E-state index is 13.2. The first kappa shape index (κ1) is 19.9. The first-order chi connectivity index (χ1) is 13.3. The number of aryl methyl sites for hydroxylation is 1. The number of halogens is 5. The van der Waals surface area contributed by atoms with Crippen LogP contribution >= 0.6 is 0 Å². The lowest BCUT2D eigenvalue weighted by Crippen LogP contribution is -2.24. The van der Waals surface area contributed by atoms with E-state index in [1.807, 2.05) is 0 Å². The van der Waals surface area contributed by atoms with E-state index in [-0.39, 0.29) is 30.7 Å². The molecule has 0 saturated heterocycles. The number of benzene rings is 2. The Labute approximate surface area is 156 Å². The fraction of sp³-hybridized carbons (Fsp3) is 0.263. The maximum absolute atomic E-state index is 13.2. The summed E-state index contributed by atoms with van der Waals surface area (Å²) in [7, 11) is 0. The van der Waals surface area contributed by atoms with E-state index in [1.165, 1.54) is 6.07 Å². The van der Waals surface area contributed by atoms with Crippen molar-refractivity contribution in [3.8, 4) is 5.69 Å². The predicted octanol–water partition coefficient (Wildman–Crippen LogP) is 4.58. The van der Waals surface area contributed by atoms with Crippen LogP contribution in [0.5, 0.6) is 0 Å². The molecule has 0 aliphatic rings. The molecular formula is C19H15F5N2O2. The molecule has 4 nitrogen and oxygen atoms in total. The lowest BCUT2D eigenvalue weighted by atomic mass is 10.1. The van der Waals surface area contributed by atoms with Gasteiger partial charge in [-0.3, -0.25) is 4.57 Å². The summed E-state index contributed by atoms with van der Waals surface area (Å²) < 4.78 is 69.0. The van der Waals surface area contributed by atoms with Crippen LogP contribution in [0.25, 0.3) is 16.6 Å². The average Bonchev–Trinajstić information content (AvgIpc) is 2.64. The summed E-state index contributed by atoms with van der Waals surface area (Å²) in [5.74, 6) is 0. The van der Waals surface area contributed by atoms with Gasteiger partial charge in [0.2, 0.25) is 0 Å². The Morgan fingerprint density at radius 1 is 1.07 bits per heavy atom. The Morgan fingerprint density at radius 2 is 1.79 bits per heavy atom. The zero-order valence-electron chi connectivity index (χ0n) is 14.4. The van der Waals surface area contributed by atoms with E-state index in [4.69, 9.17) is 0 Å². The summed E-state index contributed by atoms with van der Waals surface area (Å²) in [5.41, 5.74) is -0.994. The summed E-state index contributed by atoms with van der Waals surface area (Å²) in [5, 5.41) is 0.341. The molecule has 1 aromatic heterocycles. The second-order valence-corrected chi connectivity index (χ2v) is 5.98. The van der Waals surface area contributed by atoms with E-state index in [9.17, 15) is 26.7 Å². The van der Waals surface area contributed by atoms with Crippen molar-refractivity contribution in [2.75, 3.05) is 6.61 Å². The standard InChI is InChI=1S/C19H15F5N2O2/c20-17(21)28-10-4-7-15-14-9-8-12(19(22,23)24)11-16(14)26(18(27)25-15)13-5-2-1-3-6-13/h1-3,5-6,8-9,11,17H,4,7,10H2. The smallest absolute Gasteiger partial charge is 0.323 e. The Balaban J connectivity index is 2.13. The molecule has 148 valence electrons. The molecule has 9 heteroatoms. The second kappa shape index (κ2) is 8.05. The Hall–Kier alpha value is -2.81. The number of hydrogen-bond acceptors (Lipinski definition) is 3. The van der Waals surface area contributed by atoms with Gasteiger partial charge in [0.15, 0.2) is 0 Å². The molecular weight excluding hydrogens is 383 g/mol. The number of nitrogens with zero attached hydrogens (tertiary/aromatic N) is 2. The van der Waals surface area contributed by atoms with E-state index in [0.29, 0.717) is 11.1 Å². The maximum Gasteiger partial charge on any atom is 0.416 e. The minimum atomic E-state index is -4.58. The normalized spacial score (nSPS) is 12.1. The molecule has 0 radical (unpaired) electrons. The molecule has 0 atom stereocenters. The lowest BCUT2D eigenvalue weighted by Gasteiger charge is -2.15. The van der Waals surface area contributed by atoms with E-state index in [0.717, 1.165) is 16.7 Å². The number of rotatable bonds is 6. The molecule has 0 spiro atoms. The first-order valence-electron chi connectivity index (χ1n) is 8.35. The molecule has 0 aliphatic carbocycles. The Kier molecular flexibility index (Phi) is 5.73. The van der Waals surface area contributed by atoms with Crippen LogP contribution in [0, 0.1) is 0 Å². The number of aromatic nitrogens is 2. The number of fused-ring (bicyclic) bond motifs is 1. The van der Waals surface area contributed by atoms with E-state index >= 15 is 0 Å². The molecule has 0 aliphatic heterocycles. The largest absolute Gasteiger partial charge is 0.416 e. The molecule has 0 N–H and O–H groups in total. The van der Waals surface area contributed by atoms with Crippen LogP contribution in [0.1, 0.15) is 17.7 Å². The van der Waals surface area contributed by atoms with E-state index in [2.05, 4.69) is 9.72 Å². The third-order valence-electron chi connectivity index (χ3n) is 4.11. The van der Waals surface area contributed by atoms with Crippen LogP contribution in [0.4, 0.5) is 22.0 Å². The van der Waals surface area contributed by atoms with Crippen molar-refractivity contribution < 1.29 is 26.7 Å². The van der Waals surface area contributed by atoms with Gasteiger partial charge in [0.05, 0.1) is 29.1 Å². The van der Waals surface area contributed by atoms with Gasteiger partial charge in [0.25, 0.3) is 0 Å². The van der Waals surface area contributed by atoms with Crippen LogP contribution in [0.15, 0.2) is 53.3 Å². The summed E-state index contributed by atoms with van der Waals surface area (Å²) >= 11 is 0. The molecule has 2 aromatic carbocycles. The first-order valence-corrected chi connectivity index (χ1v) is 8.35. The molecule has 1 heterocycles. The number of para-hydroxylation sites is 1. The monoisotopic (exact) mass is 398 g/mol. The number of alkyl halides is 5. The molecule has 0 bridgehead atoms. The van der Waals surface area contributed by atoms with Crippen LogP contribution in [-0.2, 0) is 17.3 Å². The minimum absolute atomic E-state index is 0.0470. The summed E-state index contributed by atoms with van der Waals surface area (Å²) in [6.07, 6.45) is -4.33. The molecule has 28 heavy (non-hydrogen) atoms. The van der Waals surface area contributed by atoms with Crippen molar-refractivity contribution in [1.82, 2.24) is 9.55 Å². The lowest BCUT2D eigenvalue weighted by molar-refractivity contribution is -0.137. The van der Waals surface area contributed by atoms with Crippen molar-refractivity contribution in [3.63, 3.8) is 0 Å². The van der Waals surface area contributed by atoms with Crippen molar-refractivity contribution in [3.05, 3.63) is 70.3 Å². The van der Waals surface area contributed by atoms with Gasteiger partial charge in [-0.15, -0.1) is 0 Å². The number of hydrogen-bond donors (Lipinski definition) is 0. The number of ether oxygens (including phenoxy) is 1. The van der Waals surface area contributed by atoms with Gasteiger partial charge in [0.1, 0.15) is 0 Å². The van der Waals surface area contributed by atoms with Gasteiger partial charge >= 0.3 is 18.5 Å². The minimum Gasteiger partial charge on any atom is -0.323 e. The van der Waals surface area contributed by atoms with Crippen molar-refractivity contribution in [2.45, 2.75) is 25.6 Å².